The van der Waals surface area contributed by atoms with Crippen molar-refractivity contribution in [2.24, 2.45) is 0 Å². The first-order chi connectivity index (χ1) is 11.8. The van der Waals surface area contributed by atoms with Crippen LogP contribution < -0.4 is 10.1 Å². The lowest BCUT2D eigenvalue weighted by atomic mass is 9.65. The minimum atomic E-state index is -0.186. The molecule has 2 aromatic rings. The molecule has 0 amide bonds. The SMILES string of the molecule is COc1ccccc1C(=O)/C=C1\NC(C)(C)C(C)(C)c2ccccc21. The lowest BCUT2D eigenvalue weighted by molar-refractivity contribution is 0.104. The Hall–Kier alpha value is -2.55. The molecule has 1 aliphatic heterocycles. The highest BCUT2D eigenvalue weighted by Gasteiger charge is 2.44. The Balaban J connectivity index is 2.11. The minimum Gasteiger partial charge on any atom is -0.496 e. The number of carbonyl (C=O) groups excluding carboxylic acids is 1. The maximum atomic E-state index is 12.9. The summed E-state index contributed by atoms with van der Waals surface area (Å²) in [5.41, 5.74) is 3.51. The summed E-state index contributed by atoms with van der Waals surface area (Å²) in [4.78, 5) is 12.9. The molecule has 3 heteroatoms. The van der Waals surface area contributed by atoms with E-state index in [1.54, 1.807) is 25.3 Å². The largest absolute Gasteiger partial charge is 0.496 e. The van der Waals surface area contributed by atoms with E-state index in [0.29, 0.717) is 11.3 Å². The number of hydrogen-bond acceptors (Lipinski definition) is 3. The minimum absolute atomic E-state index is 0.0611. The van der Waals surface area contributed by atoms with E-state index >= 15 is 0 Å². The number of ketones is 1. The van der Waals surface area contributed by atoms with Crippen molar-refractivity contribution in [3.8, 4) is 5.75 Å². The summed E-state index contributed by atoms with van der Waals surface area (Å²) in [5.74, 6) is 0.526. The highest BCUT2D eigenvalue weighted by molar-refractivity contribution is 6.10. The molecule has 1 heterocycles. The van der Waals surface area contributed by atoms with E-state index in [2.05, 4.69) is 51.2 Å². The molecule has 0 spiro atoms. The molecule has 0 atom stereocenters. The third-order valence-electron chi connectivity index (χ3n) is 5.55. The van der Waals surface area contributed by atoms with Crippen LogP contribution in [0, 0.1) is 0 Å². The van der Waals surface area contributed by atoms with E-state index in [4.69, 9.17) is 4.74 Å². The molecule has 0 saturated heterocycles. The Kier molecular flexibility index (Phi) is 4.19. The van der Waals surface area contributed by atoms with Gasteiger partial charge in [0.05, 0.1) is 12.7 Å². The molecule has 2 aromatic carbocycles. The molecule has 3 nitrogen and oxygen atoms in total. The smallest absolute Gasteiger partial charge is 0.191 e. The lowest BCUT2D eigenvalue weighted by Crippen LogP contribution is -2.56. The van der Waals surface area contributed by atoms with Crippen LogP contribution in [0.3, 0.4) is 0 Å². The molecular weight excluding hydrogens is 310 g/mol. The topological polar surface area (TPSA) is 38.3 Å². The average molecular weight is 335 g/mol. The van der Waals surface area contributed by atoms with E-state index < -0.39 is 0 Å². The van der Waals surface area contributed by atoms with E-state index in [0.717, 1.165) is 11.3 Å². The summed E-state index contributed by atoms with van der Waals surface area (Å²) in [6.45, 7) is 8.81. The van der Waals surface area contributed by atoms with Gasteiger partial charge in [-0.25, -0.2) is 0 Å². The maximum Gasteiger partial charge on any atom is 0.191 e. The van der Waals surface area contributed by atoms with Gasteiger partial charge < -0.3 is 10.1 Å². The summed E-state index contributed by atoms with van der Waals surface area (Å²) in [7, 11) is 1.58. The predicted octanol–water partition coefficient (Wildman–Crippen LogP) is 4.58. The van der Waals surface area contributed by atoms with Crippen LogP contribution in [0.15, 0.2) is 54.6 Å². The van der Waals surface area contributed by atoms with Crippen molar-refractivity contribution in [2.75, 3.05) is 7.11 Å². The van der Waals surface area contributed by atoms with Gasteiger partial charge >= 0.3 is 0 Å². The monoisotopic (exact) mass is 335 g/mol. The van der Waals surface area contributed by atoms with Gasteiger partial charge in [-0.2, -0.15) is 0 Å². The number of hydrogen-bond donors (Lipinski definition) is 1. The Labute approximate surface area is 149 Å². The first kappa shape index (κ1) is 17.3. The lowest BCUT2D eigenvalue weighted by Gasteiger charge is -2.49. The van der Waals surface area contributed by atoms with Gasteiger partial charge in [-0.05, 0) is 31.5 Å². The fourth-order valence-corrected chi connectivity index (χ4v) is 3.33. The number of ether oxygens (including phenoxy) is 1. The van der Waals surface area contributed by atoms with Crippen LogP contribution in [-0.2, 0) is 5.41 Å². The quantitative estimate of drug-likeness (QED) is 0.659. The molecule has 1 N–H and O–H groups in total. The number of methoxy groups -OCH3 is 1. The number of allylic oxidation sites excluding steroid dienone is 1. The Morgan fingerprint density at radius 3 is 2.36 bits per heavy atom. The molecule has 3 rings (SSSR count). The summed E-state index contributed by atoms with van der Waals surface area (Å²) in [5, 5.41) is 3.58. The fourth-order valence-electron chi connectivity index (χ4n) is 3.33. The van der Waals surface area contributed by atoms with Crippen LogP contribution in [0.5, 0.6) is 5.75 Å². The number of rotatable bonds is 3. The van der Waals surface area contributed by atoms with Crippen LogP contribution in [0.4, 0.5) is 0 Å². The molecule has 0 bridgehead atoms. The first-order valence-corrected chi connectivity index (χ1v) is 8.55. The molecule has 0 fully saturated rings. The van der Waals surface area contributed by atoms with E-state index in [1.807, 2.05) is 18.2 Å². The van der Waals surface area contributed by atoms with Gasteiger partial charge in [0, 0.05) is 28.3 Å². The van der Waals surface area contributed by atoms with Crippen molar-refractivity contribution >= 4 is 11.5 Å². The number of fused-ring (bicyclic) bond motifs is 1. The van der Waals surface area contributed by atoms with Gasteiger partial charge in [-0.3, -0.25) is 4.79 Å². The van der Waals surface area contributed by atoms with Crippen molar-refractivity contribution < 1.29 is 9.53 Å². The third-order valence-corrected chi connectivity index (χ3v) is 5.55. The highest BCUT2D eigenvalue weighted by atomic mass is 16.5. The number of benzene rings is 2. The van der Waals surface area contributed by atoms with Crippen molar-refractivity contribution in [1.82, 2.24) is 5.32 Å². The third kappa shape index (κ3) is 2.84. The fraction of sp³-hybridized carbons (Fsp3) is 0.318. The maximum absolute atomic E-state index is 12.9. The van der Waals surface area contributed by atoms with Crippen LogP contribution in [0.1, 0.15) is 49.2 Å². The Morgan fingerprint density at radius 1 is 1.00 bits per heavy atom. The van der Waals surface area contributed by atoms with E-state index in [9.17, 15) is 4.79 Å². The second-order valence-corrected chi connectivity index (χ2v) is 7.54. The molecule has 0 unspecified atom stereocenters. The molecule has 0 saturated carbocycles. The number of nitrogens with one attached hydrogen (secondary N) is 1. The van der Waals surface area contributed by atoms with Gasteiger partial charge in [0.2, 0.25) is 0 Å². The molecule has 25 heavy (non-hydrogen) atoms. The van der Waals surface area contributed by atoms with Crippen molar-refractivity contribution in [2.45, 2.75) is 38.6 Å². The van der Waals surface area contributed by atoms with Gasteiger partial charge in [-0.1, -0.05) is 50.2 Å². The van der Waals surface area contributed by atoms with Crippen LogP contribution >= 0.6 is 0 Å². The van der Waals surface area contributed by atoms with Crippen LogP contribution in [0.2, 0.25) is 0 Å². The van der Waals surface area contributed by atoms with Gasteiger partial charge in [0.15, 0.2) is 5.78 Å². The zero-order valence-electron chi connectivity index (χ0n) is 15.5. The summed E-state index contributed by atoms with van der Waals surface area (Å²) >= 11 is 0. The Bertz CT molecular complexity index is 847. The number of para-hydroxylation sites is 1. The molecule has 0 aliphatic carbocycles. The standard InChI is InChI=1S/C22H25NO2/c1-21(2)17-12-8-6-10-15(17)18(23-22(21,3)4)14-19(24)16-11-7-9-13-20(16)25-5/h6-14,23H,1-5H3/b18-14-. The van der Waals surface area contributed by atoms with Crippen molar-refractivity contribution in [3.63, 3.8) is 0 Å². The van der Waals surface area contributed by atoms with Crippen LogP contribution in [-0.4, -0.2) is 18.4 Å². The second-order valence-electron chi connectivity index (χ2n) is 7.54. The second kappa shape index (κ2) is 6.07. The van der Waals surface area contributed by atoms with Gasteiger partial charge in [0.25, 0.3) is 0 Å². The van der Waals surface area contributed by atoms with E-state index in [1.165, 1.54) is 5.56 Å². The predicted molar refractivity (Wildman–Crippen MR) is 102 cm³/mol. The molecule has 130 valence electrons. The zero-order valence-corrected chi connectivity index (χ0v) is 15.5. The zero-order chi connectivity index (χ0) is 18.2. The van der Waals surface area contributed by atoms with Crippen LogP contribution in [0.25, 0.3) is 5.70 Å². The summed E-state index contributed by atoms with van der Waals surface area (Å²) in [6, 6.07) is 15.6. The van der Waals surface area contributed by atoms with Crippen molar-refractivity contribution in [1.29, 1.82) is 0 Å². The molecule has 0 aromatic heterocycles. The highest BCUT2D eigenvalue weighted by Crippen LogP contribution is 2.43. The van der Waals surface area contributed by atoms with E-state index in [-0.39, 0.29) is 16.7 Å². The van der Waals surface area contributed by atoms with Crippen molar-refractivity contribution in [3.05, 3.63) is 71.3 Å². The molecule has 1 aliphatic rings. The Morgan fingerprint density at radius 2 is 1.64 bits per heavy atom. The van der Waals surface area contributed by atoms with Gasteiger partial charge in [-0.15, -0.1) is 0 Å². The number of carbonyl (C=O) groups is 1. The average Bonchev–Trinajstić information content (AvgIpc) is 2.59. The molecule has 0 radical (unpaired) electrons. The summed E-state index contributed by atoms with van der Waals surface area (Å²) < 4.78 is 5.33. The normalized spacial score (nSPS) is 19.0. The first-order valence-electron chi connectivity index (χ1n) is 8.55. The summed E-state index contributed by atoms with van der Waals surface area (Å²) in [6.07, 6.45) is 1.69. The molecular formula is C22H25NO2. The van der Waals surface area contributed by atoms with Gasteiger partial charge in [0.1, 0.15) is 5.75 Å².